The molecule has 2 heterocycles. The molecule has 12 heavy (non-hydrogen) atoms. The Bertz CT molecular complexity index is 437. The number of imidazole rings is 1. The largest absolute Gasteiger partial charge is 0.293 e. The highest BCUT2D eigenvalue weighted by Gasteiger charge is 2.03. The number of hydrogen-bond donors (Lipinski definition) is 0. The average molecular weight is 196 g/mol. The lowest BCUT2D eigenvalue weighted by atomic mass is 10.6. The molecule has 0 saturated carbocycles. The summed E-state index contributed by atoms with van der Waals surface area (Å²) < 4.78 is 2.98. The van der Waals surface area contributed by atoms with E-state index >= 15 is 0 Å². The van der Waals surface area contributed by atoms with Crippen molar-refractivity contribution in [3.63, 3.8) is 0 Å². The van der Waals surface area contributed by atoms with Crippen molar-refractivity contribution in [2.45, 2.75) is 6.92 Å². The molecule has 2 aromatic heterocycles. The summed E-state index contributed by atoms with van der Waals surface area (Å²) in [6.07, 6.45) is 0. The molecule has 3 nitrogen and oxygen atoms in total. The van der Waals surface area contributed by atoms with Gasteiger partial charge in [-0.15, -0.1) is 0 Å². The van der Waals surface area contributed by atoms with Crippen LogP contribution in [0.1, 0.15) is 5.69 Å². The van der Waals surface area contributed by atoms with Gasteiger partial charge in [0.05, 0.1) is 0 Å². The summed E-state index contributed by atoms with van der Waals surface area (Å²) in [6.45, 7) is 1.99. The normalized spacial score (nSPS) is 10.8. The number of hydrogen-bond acceptors (Lipinski definition) is 2. The van der Waals surface area contributed by atoms with E-state index in [1.54, 1.807) is 6.07 Å². The van der Waals surface area contributed by atoms with E-state index in [1.165, 1.54) is 4.56 Å². The molecule has 0 unspecified atom stereocenters. The number of aryl methyl sites for hydroxylation is 1. The van der Waals surface area contributed by atoms with Crippen molar-refractivity contribution in [1.82, 2.24) is 14.6 Å². The first kappa shape index (κ1) is 8.06. The zero-order valence-corrected chi connectivity index (χ0v) is 9.63. The fourth-order valence-corrected chi connectivity index (χ4v) is 1.71. The molecule has 0 spiro atoms. The lowest BCUT2D eigenvalue weighted by Crippen LogP contribution is -2.14. The third-order valence-corrected chi connectivity index (χ3v) is 3.25. The highest BCUT2D eigenvalue weighted by molar-refractivity contribution is 6.32. The summed E-state index contributed by atoms with van der Waals surface area (Å²) in [6, 6.07) is 3.63. The molecule has 5 heteroatoms. The SMILES string of the molecule is Cc1nc2ccc(Cl)nn2[c]1[AlH2]. The van der Waals surface area contributed by atoms with Gasteiger partial charge in [-0.25, -0.2) is 9.50 Å². The van der Waals surface area contributed by atoms with E-state index in [1.807, 2.05) is 17.5 Å². The number of fused-ring (bicyclic) bond motifs is 1. The fourth-order valence-electron chi connectivity index (χ4n) is 1.13. The first-order valence-corrected chi connectivity index (χ1v) is 5.05. The minimum Gasteiger partial charge on any atom is -0.234 e. The number of rotatable bonds is 0. The fraction of sp³-hybridized carbons (Fsp3) is 0.143. The predicted molar refractivity (Wildman–Crippen MR) is 50.9 cm³/mol. The quantitative estimate of drug-likeness (QED) is 0.552. The maximum Gasteiger partial charge on any atom is 0.293 e. The van der Waals surface area contributed by atoms with Gasteiger partial charge in [-0.1, -0.05) is 11.6 Å². The Morgan fingerprint density at radius 2 is 2.25 bits per heavy atom. The topological polar surface area (TPSA) is 30.2 Å². The van der Waals surface area contributed by atoms with Gasteiger partial charge < -0.3 is 0 Å². The van der Waals surface area contributed by atoms with E-state index in [0.29, 0.717) is 5.15 Å². The third-order valence-electron chi connectivity index (χ3n) is 1.91. The van der Waals surface area contributed by atoms with Gasteiger partial charge in [0.2, 0.25) is 0 Å². The Kier molecular flexibility index (Phi) is 1.84. The lowest BCUT2D eigenvalue weighted by Gasteiger charge is -1.94. The van der Waals surface area contributed by atoms with E-state index in [-0.39, 0.29) is 0 Å². The minimum absolute atomic E-state index is 0.511. The molecule has 0 fully saturated rings. The van der Waals surface area contributed by atoms with Crippen LogP contribution < -0.4 is 4.56 Å². The van der Waals surface area contributed by atoms with Gasteiger partial charge >= 0.3 is 0 Å². The molecule has 0 atom stereocenters. The Morgan fingerprint density at radius 3 is 3.00 bits per heavy atom. The van der Waals surface area contributed by atoms with Crippen molar-refractivity contribution in [1.29, 1.82) is 0 Å². The highest BCUT2D eigenvalue weighted by atomic mass is 35.5. The van der Waals surface area contributed by atoms with E-state index < -0.39 is 0 Å². The van der Waals surface area contributed by atoms with Crippen molar-refractivity contribution < 1.29 is 0 Å². The number of nitrogens with zero attached hydrogens (tertiary/aromatic N) is 3. The second-order valence-corrected chi connectivity index (χ2v) is 4.04. The average Bonchev–Trinajstić information content (AvgIpc) is 2.31. The monoisotopic (exact) mass is 195 g/mol. The molecule has 60 valence electrons. The zero-order chi connectivity index (χ0) is 8.72. The number of aromatic nitrogens is 3. The smallest absolute Gasteiger partial charge is 0.234 e. The molecular formula is C7H7AlClN3. The van der Waals surface area contributed by atoms with Crippen LogP contribution in [0.5, 0.6) is 0 Å². The summed E-state index contributed by atoms with van der Waals surface area (Å²) in [5.41, 5.74) is 1.93. The molecule has 0 amide bonds. The summed E-state index contributed by atoms with van der Waals surface area (Å²) in [4.78, 5) is 4.33. The third kappa shape index (κ3) is 1.13. The first-order valence-electron chi connectivity index (χ1n) is 3.67. The van der Waals surface area contributed by atoms with Crippen LogP contribution >= 0.6 is 11.6 Å². The summed E-state index contributed by atoms with van der Waals surface area (Å²) in [7, 11) is 0. The Morgan fingerprint density at radius 1 is 1.50 bits per heavy atom. The van der Waals surface area contributed by atoms with Crippen LogP contribution in [-0.4, -0.2) is 30.9 Å². The molecule has 0 saturated heterocycles. The summed E-state index contributed by atoms with van der Waals surface area (Å²) >= 11 is 6.69. The highest BCUT2D eigenvalue weighted by Crippen LogP contribution is 2.05. The lowest BCUT2D eigenvalue weighted by molar-refractivity contribution is 0.959. The van der Waals surface area contributed by atoms with Gasteiger partial charge in [-0.2, -0.15) is 5.10 Å². The maximum absolute atomic E-state index is 5.76. The molecule has 0 aliphatic carbocycles. The van der Waals surface area contributed by atoms with E-state index in [4.69, 9.17) is 11.6 Å². The van der Waals surface area contributed by atoms with Crippen molar-refractivity contribution in [2.24, 2.45) is 0 Å². The van der Waals surface area contributed by atoms with Crippen molar-refractivity contribution in [2.75, 3.05) is 0 Å². The Hall–Kier alpha value is -0.558. The van der Waals surface area contributed by atoms with Crippen LogP contribution in [0.25, 0.3) is 5.65 Å². The molecule has 0 aliphatic rings. The van der Waals surface area contributed by atoms with Crippen LogP contribution in [0.15, 0.2) is 12.1 Å². The predicted octanol–water partition coefficient (Wildman–Crippen LogP) is -0.0505. The van der Waals surface area contributed by atoms with E-state index in [0.717, 1.165) is 27.6 Å². The Labute approximate surface area is 82.8 Å². The zero-order valence-electron chi connectivity index (χ0n) is 6.87. The van der Waals surface area contributed by atoms with Crippen LogP contribution in [0.4, 0.5) is 0 Å². The van der Waals surface area contributed by atoms with Gasteiger partial charge in [0.25, 0.3) is 16.3 Å². The van der Waals surface area contributed by atoms with Gasteiger partial charge in [0.15, 0.2) is 5.65 Å². The summed E-state index contributed by atoms with van der Waals surface area (Å²) in [5, 5.41) is 4.66. The van der Waals surface area contributed by atoms with Crippen molar-refractivity contribution in [3.05, 3.63) is 23.0 Å². The van der Waals surface area contributed by atoms with Crippen LogP contribution in [0, 0.1) is 6.92 Å². The molecule has 0 bridgehead atoms. The summed E-state index contributed by atoms with van der Waals surface area (Å²) in [5.74, 6) is 0. The molecule has 2 rings (SSSR count). The minimum atomic E-state index is 0.511. The standard InChI is InChI=1S/C7H5ClN3.Al.2H/c1-5-4-11-7(9-5)3-2-6(8)10-11;;;/h2-3H,1H3;;;. The van der Waals surface area contributed by atoms with E-state index in [2.05, 4.69) is 10.1 Å². The van der Waals surface area contributed by atoms with Crippen LogP contribution in [0.2, 0.25) is 5.15 Å². The number of halogens is 1. The maximum atomic E-state index is 5.76. The van der Waals surface area contributed by atoms with Crippen LogP contribution in [0.3, 0.4) is 0 Å². The molecule has 2 aromatic rings. The molecular weight excluding hydrogens is 189 g/mol. The van der Waals surface area contributed by atoms with Crippen molar-refractivity contribution >= 4 is 38.1 Å². The van der Waals surface area contributed by atoms with Gasteiger partial charge in [-0.05, 0) is 23.6 Å². The molecule has 0 radical (unpaired) electrons. The first-order chi connectivity index (χ1) is 5.68. The second kappa shape index (κ2) is 2.74. The van der Waals surface area contributed by atoms with Crippen molar-refractivity contribution in [3.8, 4) is 0 Å². The molecule has 0 aromatic carbocycles. The van der Waals surface area contributed by atoms with Crippen LogP contribution in [-0.2, 0) is 0 Å². The van der Waals surface area contributed by atoms with E-state index in [9.17, 15) is 0 Å². The second-order valence-electron chi connectivity index (χ2n) is 2.71. The molecule has 0 N–H and O–H groups in total. The van der Waals surface area contributed by atoms with Gasteiger partial charge in [-0.3, -0.25) is 0 Å². The molecule has 0 aliphatic heterocycles. The van der Waals surface area contributed by atoms with Gasteiger partial charge in [0, 0.05) is 5.69 Å². The Balaban J connectivity index is 2.88. The van der Waals surface area contributed by atoms with Gasteiger partial charge in [0.1, 0.15) is 5.15 Å².